The molecule has 2 aromatic heterocycles. The third kappa shape index (κ3) is 2.18. The van der Waals surface area contributed by atoms with E-state index in [2.05, 4.69) is 20.1 Å². The number of aryl methyl sites for hydroxylation is 1. The van der Waals surface area contributed by atoms with Crippen LogP contribution in [0.4, 0.5) is 0 Å². The Kier molecular flexibility index (Phi) is 2.72. The van der Waals surface area contributed by atoms with Crippen LogP contribution in [0.5, 0.6) is 0 Å². The Morgan fingerprint density at radius 3 is 2.60 bits per heavy atom. The van der Waals surface area contributed by atoms with Gasteiger partial charge in [-0.15, -0.1) is 0 Å². The van der Waals surface area contributed by atoms with Crippen LogP contribution in [0.3, 0.4) is 0 Å². The van der Waals surface area contributed by atoms with Crippen molar-refractivity contribution in [3.63, 3.8) is 0 Å². The smallest absolute Gasteiger partial charge is 0.195 e. The Labute approximate surface area is 89.8 Å². The van der Waals surface area contributed by atoms with Crippen molar-refractivity contribution in [2.45, 2.75) is 10.3 Å². The van der Waals surface area contributed by atoms with E-state index < -0.39 is 0 Å². The fourth-order valence-electron chi connectivity index (χ4n) is 0.899. The zero-order chi connectivity index (χ0) is 10.7. The highest BCUT2D eigenvalue weighted by Gasteiger charge is 2.05. The minimum absolute atomic E-state index is 0.456. The van der Waals surface area contributed by atoms with Crippen LogP contribution in [0.25, 0.3) is 0 Å². The first-order valence-electron chi connectivity index (χ1n) is 4.08. The van der Waals surface area contributed by atoms with Gasteiger partial charge in [0.05, 0.1) is 5.56 Å². The molecule has 0 amide bonds. The molecule has 0 N–H and O–H groups in total. The highest BCUT2D eigenvalue weighted by atomic mass is 32.2. The van der Waals surface area contributed by atoms with Gasteiger partial charge in [0.2, 0.25) is 0 Å². The lowest BCUT2D eigenvalue weighted by molar-refractivity contribution is 0.112. The van der Waals surface area contributed by atoms with Gasteiger partial charge >= 0.3 is 0 Å². The second kappa shape index (κ2) is 4.18. The summed E-state index contributed by atoms with van der Waals surface area (Å²) in [5.41, 5.74) is 0.456. The van der Waals surface area contributed by atoms with Gasteiger partial charge in [0, 0.05) is 19.4 Å². The van der Waals surface area contributed by atoms with E-state index in [1.54, 1.807) is 11.7 Å². The van der Waals surface area contributed by atoms with Gasteiger partial charge in [-0.1, -0.05) is 0 Å². The lowest BCUT2D eigenvalue weighted by Crippen LogP contribution is -1.95. The zero-order valence-electron chi connectivity index (χ0n) is 7.86. The Morgan fingerprint density at radius 1 is 1.33 bits per heavy atom. The van der Waals surface area contributed by atoms with E-state index >= 15 is 0 Å². The first-order chi connectivity index (χ1) is 7.29. The number of aldehydes is 1. The molecule has 0 saturated carbocycles. The van der Waals surface area contributed by atoms with Crippen LogP contribution < -0.4 is 0 Å². The van der Waals surface area contributed by atoms with Crippen LogP contribution >= 0.6 is 11.8 Å². The summed E-state index contributed by atoms with van der Waals surface area (Å²) in [6.07, 6.45) is 5.11. The van der Waals surface area contributed by atoms with E-state index in [9.17, 15) is 4.79 Å². The second-order valence-corrected chi connectivity index (χ2v) is 3.62. The molecule has 2 aromatic rings. The van der Waals surface area contributed by atoms with Crippen molar-refractivity contribution in [2.75, 3.05) is 0 Å². The van der Waals surface area contributed by atoms with Crippen molar-refractivity contribution in [2.24, 2.45) is 7.05 Å². The molecular weight excluding hydrogens is 214 g/mol. The number of aromatic nitrogens is 5. The average Bonchev–Trinajstić information content (AvgIpc) is 2.66. The zero-order valence-corrected chi connectivity index (χ0v) is 8.68. The molecule has 2 rings (SSSR count). The fraction of sp³-hybridized carbons (Fsp3) is 0.125. The Morgan fingerprint density at radius 2 is 2.07 bits per heavy atom. The van der Waals surface area contributed by atoms with E-state index in [0.717, 1.165) is 0 Å². The molecule has 6 nitrogen and oxygen atoms in total. The van der Waals surface area contributed by atoms with E-state index in [1.165, 1.54) is 30.5 Å². The number of carbonyl (C=O) groups excluding carboxylic acids is 1. The van der Waals surface area contributed by atoms with Crippen molar-refractivity contribution in [1.82, 2.24) is 24.7 Å². The van der Waals surface area contributed by atoms with E-state index in [1.807, 2.05) is 0 Å². The molecule has 0 unspecified atom stereocenters. The van der Waals surface area contributed by atoms with Crippen molar-refractivity contribution in [1.29, 1.82) is 0 Å². The van der Waals surface area contributed by atoms with E-state index in [-0.39, 0.29) is 0 Å². The monoisotopic (exact) mass is 221 g/mol. The molecule has 0 aromatic carbocycles. The molecule has 0 spiro atoms. The van der Waals surface area contributed by atoms with Gasteiger partial charge in [0.1, 0.15) is 6.33 Å². The highest BCUT2D eigenvalue weighted by Crippen LogP contribution is 2.20. The van der Waals surface area contributed by atoms with Crippen molar-refractivity contribution >= 4 is 18.0 Å². The summed E-state index contributed by atoms with van der Waals surface area (Å²) in [4.78, 5) is 22.4. The summed E-state index contributed by atoms with van der Waals surface area (Å²) in [6.45, 7) is 0. The van der Waals surface area contributed by atoms with Gasteiger partial charge in [-0.05, 0) is 11.8 Å². The van der Waals surface area contributed by atoms with Crippen LogP contribution in [0.2, 0.25) is 0 Å². The maximum absolute atomic E-state index is 10.4. The summed E-state index contributed by atoms with van der Waals surface area (Å²) >= 11 is 1.29. The predicted molar refractivity (Wildman–Crippen MR) is 52.5 cm³/mol. The normalized spacial score (nSPS) is 10.2. The fourth-order valence-corrected chi connectivity index (χ4v) is 1.55. The number of nitrogens with zero attached hydrogens (tertiary/aromatic N) is 5. The van der Waals surface area contributed by atoms with E-state index in [4.69, 9.17) is 0 Å². The van der Waals surface area contributed by atoms with Crippen LogP contribution in [0, 0.1) is 0 Å². The predicted octanol–water partition coefficient (Wildman–Crippen LogP) is 0.569. The molecule has 7 heteroatoms. The van der Waals surface area contributed by atoms with E-state index in [0.29, 0.717) is 22.2 Å². The van der Waals surface area contributed by atoms with Crippen LogP contribution in [0.1, 0.15) is 10.4 Å². The third-order valence-electron chi connectivity index (χ3n) is 1.64. The largest absolute Gasteiger partial charge is 0.298 e. The van der Waals surface area contributed by atoms with Gasteiger partial charge in [0.25, 0.3) is 0 Å². The molecule has 0 aliphatic carbocycles. The van der Waals surface area contributed by atoms with Gasteiger partial charge < -0.3 is 0 Å². The number of hydrogen-bond donors (Lipinski definition) is 0. The molecular formula is C8H7N5OS. The van der Waals surface area contributed by atoms with Crippen molar-refractivity contribution in [3.8, 4) is 0 Å². The third-order valence-corrected chi connectivity index (χ3v) is 2.58. The van der Waals surface area contributed by atoms with Crippen LogP contribution in [0.15, 0.2) is 29.0 Å². The Balaban J connectivity index is 2.18. The minimum Gasteiger partial charge on any atom is -0.298 e. The lowest BCUT2D eigenvalue weighted by atomic mass is 10.4. The Bertz CT molecular complexity index is 466. The number of hydrogen-bond acceptors (Lipinski definition) is 6. The summed E-state index contributed by atoms with van der Waals surface area (Å²) in [5, 5.41) is 5.16. The molecule has 2 heterocycles. The first-order valence-corrected chi connectivity index (χ1v) is 4.90. The van der Waals surface area contributed by atoms with Gasteiger partial charge in [-0.2, -0.15) is 5.10 Å². The van der Waals surface area contributed by atoms with Gasteiger partial charge in [-0.3, -0.25) is 4.79 Å². The first kappa shape index (κ1) is 9.78. The molecule has 0 fully saturated rings. The minimum atomic E-state index is 0.456. The Hall–Kier alpha value is -1.76. The summed E-state index contributed by atoms with van der Waals surface area (Å²) in [5.74, 6) is 0. The van der Waals surface area contributed by atoms with Gasteiger partial charge in [-0.25, -0.2) is 19.6 Å². The van der Waals surface area contributed by atoms with Crippen LogP contribution in [-0.2, 0) is 7.05 Å². The molecule has 0 radical (unpaired) electrons. The second-order valence-electron chi connectivity index (χ2n) is 2.69. The quantitative estimate of drug-likeness (QED) is 0.557. The molecule has 0 saturated heterocycles. The molecule has 15 heavy (non-hydrogen) atoms. The lowest BCUT2D eigenvalue weighted by Gasteiger charge is -1.97. The maximum atomic E-state index is 10.4. The average molecular weight is 221 g/mol. The summed E-state index contributed by atoms with van der Waals surface area (Å²) in [7, 11) is 1.79. The van der Waals surface area contributed by atoms with Crippen LogP contribution in [-0.4, -0.2) is 31.0 Å². The standard InChI is InChI=1S/C8H7N5OS/c1-13-8(11-5-12-13)15-7-9-2-6(4-14)3-10-7/h2-5H,1H3. The number of rotatable bonds is 3. The topological polar surface area (TPSA) is 73.6 Å². The van der Waals surface area contributed by atoms with Gasteiger partial charge in [0.15, 0.2) is 16.6 Å². The summed E-state index contributed by atoms with van der Waals surface area (Å²) < 4.78 is 1.63. The maximum Gasteiger partial charge on any atom is 0.195 e. The van der Waals surface area contributed by atoms with Crippen molar-refractivity contribution in [3.05, 3.63) is 24.3 Å². The SMILES string of the molecule is Cn1ncnc1Sc1ncc(C=O)cn1. The molecule has 0 bridgehead atoms. The molecule has 0 aliphatic heterocycles. The molecule has 0 atom stereocenters. The summed E-state index contributed by atoms with van der Waals surface area (Å²) in [6, 6.07) is 0. The highest BCUT2D eigenvalue weighted by molar-refractivity contribution is 7.99. The number of carbonyl (C=O) groups is 1. The molecule has 76 valence electrons. The molecule has 0 aliphatic rings. The van der Waals surface area contributed by atoms with Crippen molar-refractivity contribution < 1.29 is 4.79 Å².